The van der Waals surface area contributed by atoms with Crippen LogP contribution >= 0.6 is 0 Å². The molecule has 100 valence electrons. The molecule has 3 heteroatoms. The molecule has 1 unspecified atom stereocenters. The lowest BCUT2D eigenvalue weighted by Gasteiger charge is -2.36. The number of halogens is 1. The second-order valence-electron chi connectivity index (χ2n) is 5.78. The summed E-state index contributed by atoms with van der Waals surface area (Å²) in [5.41, 5.74) is 2.38. The maximum atomic E-state index is 13.5. The van der Waals surface area contributed by atoms with E-state index in [0.29, 0.717) is 0 Å². The Bertz CT molecular complexity index is 429. The van der Waals surface area contributed by atoms with Crippen LogP contribution in [-0.2, 0) is 0 Å². The monoisotopic (exact) mass is 250 g/mol. The van der Waals surface area contributed by atoms with Crippen LogP contribution in [0, 0.1) is 5.82 Å². The molecule has 0 saturated carbocycles. The van der Waals surface area contributed by atoms with Gasteiger partial charge in [0.15, 0.2) is 0 Å². The van der Waals surface area contributed by atoms with Gasteiger partial charge >= 0.3 is 0 Å². The van der Waals surface area contributed by atoms with Gasteiger partial charge in [0, 0.05) is 23.8 Å². The van der Waals surface area contributed by atoms with E-state index >= 15 is 0 Å². The smallest absolute Gasteiger partial charge is 0.123 e. The van der Waals surface area contributed by atoms with Crippen molar-refractivity contribution in [3.63, 3.8) is 0 Å². The van der Waals surface area contributed by atoms with E-state index in [2.05, 4.69) is 31.0 Å². The van der Waals surface area contributed by atoms with Crippen molar-refractivity contribution in [3.05, 3.63) is 29.6 Å². The standard InChI is InChI=1S/C15H23FN2/c1-11(17-4)13-10-12(16)6-7-14(13)18-9-5-8-15(18,2)3/h6-7,10-11,17H,5,8-9H2,1-4H3. The molecule has 0 aliphatic carbocycles. The SMILES string of the molecule is CNC(C)c1cc(F)ccc1N1CCCC1(C)C. The topological polar surface area (TPSA) is 15.3 Å². The largest absolute Gasteiger partial charge is 0.366 e. The van der Waals surface area contributed by atoms with Crippen LogP contribution in [-0.4, -0.2) is 19.1 Å². The molecule has 0 amide bonds. The first-order valence-electron chi connectivity index (χ1n) is 6.70. The number of nitrogens with one attached hydrogen (secondary N) is 1. The Balaban J connectivity index is 2.44. The number of rotatable bonds is 3. The van der Waals surface area contributed by atoms with Gasteiger partial charge in [0.25, 0.3) is 0 Å². The molecule has 0 spiro atoms. The van der Waals surface area contributed by atoms with Gasteiger partial charge in [-0.3, -0.25) is 0 Å². The average Bonchev–Trinajstić information content (AvgIpc) is 2.68. The van der Waals surface area contributed by atoms with Gasteiger partial charge in [-0.15, -0.1) is 0 Å². The van der Waals surface area contributed by atoms with E-state index in [-0.39, 0.29) is 17.4 Å². The lowest BCUT2D eigenvalue weighted by molar-refractivity contribution is 0.513. The molecule has 1 aliphatic rings. The second kappa shape index (κ2) is 4.88. The second-order valence-corrected chi connectivity index (χ2v) is 5.78. The van der Waals surface area contributed by atoms with Gasteiger partial charge in [-0.1, -0.05) is 0 Å². The third-order valence-electron chi connectivity index (χ3n) is 4.08. The molecular weight excluding hydrogens is 227 g/mol. The van der Waals surface area contributed by atoms with Crippen LogP contribution in [0.2, 0.25) is 0 Å². The summed E-state index contributed by atoms with van der Waals surface area (Å²) in [7, 11) is 1.91. The zero-order chi connectivity index (χ0) is 13.3. The zero-order valence-corrected chi connectivity index (χ0v) is 11.8. The molecule has 1 heterocycles. The van der Waals surface area contributed by atoms with E-state index in [9.17, 15) is 4.39 Å². The molecule has 1 N–H and O–H groups in total. The average molecular weight is 250 g/mol. The number of benzene rings is 1. The molecule has 0 aromatic heterocycles. The number of nitrogens with zero attached hydrogens (tertiary/aromatic N) is 1. The molecule has 18 heavy (non-hydrogen) atoms. The van der Waals surface area contributed by atoms with Gasteiger partial charge in [-0.05, 0) is 64.4 Å². The molecule has 1 aromatic rings. The highest BCUT2D eigenvalue weighted by Crippen LogP contribution is 2.37. The van der Waals surface area contributed by atoms with Crippen LogP contribution in [0.1, 0.15) is 45.2 Å². The van der Waals surface area contributed by atoms with Crippen LogP contribution in [0.25, 0.3) is 0 Å². The summed E-state index contributed by atoms with van der Waals surface area (Å²) < 4.78 is 13.5. The number of hydrogen-bond acceptors (Lipinski definition) is 2. The van der Waals surface area contributed by atoms with Gasteiger partial charge in [0.1, 0.15) is 5.82 Å². The van der Waals surface area contributed by atoms with Gasteiger partial charge in [0.05, 0.1) is 0 Å². The molecule has 2 rings (SSSR count). The lowest BCUT2D eigenvalue weighted by Crippen LogP contribution is -2.39. The van der Waals surface area contributed by atoms with Crippen molar-refractivity contribution >= 4 is 5.69 Å². The van der Waals surface area contributed by atoms with Crippen LogP contribution in [0.15, 0.2) is 18.2 Å². The maximum absolute atomic E-state index is 13.5. The van der Waals surface area contributed by atoms with Gasteiger partial charge in [-0.2, -0.15) is 0 Å². The predicted molar refractivity (Wildman–Crippen MR) is 74.5 cm³/mol. The minimum Gasteiger partial charge on any atom is -0.366 e. The van der Waals surface area contributed by atoms with Crippen molar-refractivity contribution in [2.75, 3.05) is 18.5 Å². The highest BCUT2D eigenvalue weighted by molar-refractivity contribution is 5.57. The summed E-state index contributed by atoms with van der Waals surface area (Å²) in [4.78, 5) is 2.41. The third kappa shape index (κ3) is 2.37. The summed E-state index contributed by atoms with van der Waals surface area (Å²) in [6.07, 6.45) is 2.40. The predicted octanol–water partition coefficient (Wildman–Crippen LogP) is 3.48. The van der Waals surface area contributed by atoms with Crippen LogP contribution < -0.4 is 10.2 Å². The zero-order valence-electron chi connectivity index (χ0n) is 11.8. The first kappa shape index (κ1) is 13.3. The Kier molecular flexibility index (Phi) is 3.62. The lowest BCUT2D eigenvalue weighted by atomic mass is 9.98. The van der Waals surface area contributed by atoms with Crippen molar-refractivity contribution in [2.24, 2.45) is 0 Å². The van der Waals surface area contributed by atoms with Crippen molar-refractivity contribution < 1.29 is 4.39 Å². The molecule has 2 nitrogen and oxygen atoms in total. The molecule has 0 radical (unpaired) electrons. The van der Waals surface area contributed by atoms with Crippen molar-refractivity contribution in [3.8, 4) is 0 Å². The Labute approximate surface area is 109 Å². The van der Waals surface area contributed by atoms with Gasteiger partial charge in [-0.25, -0.2) is 4.39 Å². The molecule has 1 aromatic carbocycles. The van der Waals surface area contributed by atoms with Gasteiger partial charge < -0.3 is 10.2 Å². The fourth-order valence-electron chi connectivity index (χ4n) is 2.83. The van der Waals surface area contributed by atoms with Gasteiger partial charge in [0.2, 0.25) is 0 Å². The van der Waals surface area contributed by atoms with Crippen LogP contribution in [0.4, 0.5) is 10.1 Å². The fraction of sp³-hybridized carbons (Fsp3) is 0.600. The number of hydrogen-bond donors (Lipinski definition) is 1. The maximum Gasteiger partial charge on any atom is 0.123 e. The van der Waals surface area contributed by atoms with E-state index < -0.39 is 0 Å². The minimum absolute atomic E-state index is 0.159. The molecule has 1 saturated heterocycles. The van der Waals surface area contributed by atoms with Crippen molar-refractivity contribution in [1.29, 1.82) is 0 Å². The summed E-state index contributed by atoms with van der Waals surface area (Å²) in [5, 5.41) is 3.21. The highest BCUT2D eigenvalue weighted by atomic mass is 19.1. The Morgan fingerprint density at radius 2 is 2.11 bits per heavy atom. The molecule has 1 aliphatic heterocycles. The van der Waals surface area contributed by atoms with E-state index in [4.69, 9.17) is 0 Å². The van der Waals surface area contributed by atoms with Crippen molar-refractivity contribution in [2.45, 2.75) is 45.2 Å². The Hall–Kier alpha value is -1.09. The van der Waals surface area contributed by atoms with Crippen LogP contribution in [0.5, 0.6) is 0 Å². The number of anilines is 1. The molecule has 0 bridgehead atoms. The van der Waals surface area contributed by atoms with E-state index in [0.717, 1.165) is 12.1 Å². The molecular formula is C15H23FN2. The summed E-state index contributed by atoms with van der Waals surface area (Å²) >= 11 is 0. The normalized spacial score (nSPS) is 20.2. The first-order valence-corrected chi connectivity index (χ1v) is 6.70. The minimum atomic E-state index is -0.159. The molecule has 1 atom stereocenters. The third-order valence-corrected chi connectivity index (χ3v) is 4.08. The molecule has 1 fully saturated rings. The Morgan fingerprint density at radius 3 is 2.67 bits per heavy atom. The van der Waals surface area contributed by atoms with E-state index in [1.807, 2.05) is 13.1 Å². The first-order chi connectivity index (χ1) is 8.45. The summed E-state index contributed by atoms with van der Waals surface area (Å²) in [6, 6.07) is 5.30. The summed E-state index contributed by atoms with van der Waals surface area (Å²) in [5.74, 6) is -0.159. The van der Waals surface area contributed by atoms with Crippen molar-refractivity contribution in [1.82, 2.24) is 5.32 Å². The van der Waals surface area contributed by atoms with E-state index in [1.54, 1.807) is 12.1 Å². The van der Waals surface area contributed by atoms with Crippen LogP contribution in [0.3, 0.4) is 0 Å². The van der Waals surface area contributed by atoms with E-state index in [1.165, 1.54) is 18.5 Å². The summed E-state index contributed by atoms with van der Waals surface area (Å²) in [6.45, 7) is 7.65. The Morgan fingerprint density at radius 1 is 1.39 bits per heavy atom. The fourth-order valence-corrected chi connectivity index (χ4v) is 2.83. The highest BCUT2D eigenvalue weighted by Gasteiger charge is 2.33. The quantitative estimate of drug-likeness (QED) is 0.883.